The molecule has 3 rings (SSSR count). The van der Waals surface area contributed by atoms with Crippen molar-refractivity contribution in [3.8, 4) is 23.6 Å². The van der Waals surface area contributed by atoms with Crippen LogP contribution in [0.15, 0.2) is 29.1 Å². The monoisotopic (exact) mass is 375 g/mol. The molecule has 9 heteroatoms. The van der Waals surface area contributed by atoms with E-state index in [9.17, 15) is 14.4 Å². The van der Waals surface area contributed by atoms with Crippen LogP contribution in [0.5, 0.6) is 5.75 Å². The molecule has 1 aliphatic rings. The normalized spacial score (nSPS) is 14.0. The standard InChI is InChI=1S/C17H14FN5O2.ClH/c18-14-7-12(2-1-11(14)9-19)23-17(24)8-16(15(10-20)22-23)25-13-3-5-21-6-4-13;/h1-2,7-8,13,21H,3-6H2;1H. The third-order valence-electron chi connectivity index (χ3n) is 3.90. The number of benzene rings is 1. The van der Waals surface area contributed by atoms with Crippen LogP contribution >= 0.6 is 12.4 Å². The summed E-state index contributed by atoms with van der Waals surface area (Å²) in [5.74, 6) is -0.632. The summed E-state index contributed by atoms with van der Waals surface area (Å²) in [6, 6.07) is 8.47. The Morgan fingerprint density at radius 2 is 1.96 bits per heavy atom. The van der Waals surface area contributed by atoms with Crippen molar-refractivity contribution in [2.45, 2.75) is 18.9 Å². The van der Waals surface area contributed by atoms with Crippen molar-refractivity contribution >= 4 is 12.4 Å². The molecule has 26 heavy (non-hydrogen) atoms. The van der Waals surface area contributed by atoms with Gasteiger partial charge in [0.05, 0.1) is 17.3 Å². The molecule has 7 nitrogen and oxygen atoms in total. The van der Waals surface area contributed by atoms with Crippen molar-refractivity contribution < 1.29 is 9.13 Å². The maximum Gasteiger partial charge on any atom is 0.275 e. The van der Waals surface area contributed by atoms with E-state index in [4.69, 9.17) is 10.00 Å². The Kier molecular flexibility index (Phi) is 6.29. The number of ether oxygens (including phenoxy) is 1. The predicted molar refractivity (Wildman–Crippen MR) is 93.0 cm³/mol. The maximum atomic E-state index is 13.8. The largest absolute Gasteiger partial charge is 0.487 e. The van der Waals surface area contributed by atoms with E-state index >= 15 is 0 Å². The summed E-state index contributed by atoms with van der Waals surface area (Å²) >= 11 is 0. The highest BCUT2D eigenvalue weighted by Crippen LogP contribution is 2.19. The molecule has 1 N–H and O–H groups in total. The van der Waals surface area contributed by atoms with Crippen LogP contribution in [0.25, 0.3) is 5.69 Å². The van der Waals surface area contributed by atoms with E-state index in [0.29, 0.717) is 0 Å². The van der Waals surface area contributed by atoms with Crippen LogP contribution in [0.4, 0.5) is 4.39 Å². The zero-order valence-electron chi connectivity index (χ0n) is 13.6. The minimum atomic E-state index is -0.762. The van der Waals surface area contributed by atoms with E-state index in [0.717, 1.165) is 36.7 Å². The number of piperidine rings is 1. The molecule has 1 aliphatic heterocycles. The van der Waals surface area contributed by atoms with Gasteiger partial charge in [-0.3, -0.25) is 4.79 Å². The summed E-state index contributed by atoms with van der Waals surface area (Å²) in [4.78, 5) is 12.3. The number of rotatable bonds is 3. The molecule has 0 radical (unpaired) electrons. The predicted octanol–water partition coefficient (Wildman–Crippen LogP) is 1.67. The van der Waals surface area contributed by atoms with Crippen molar-refractivity contribution in [3.63, 3.8) is 0 Å². The molecule has 134 valence electrons. The molecule has 2 heterocycles. The van der Waals surface area contributed by atoms with Gasteiger partial charge in [0.1, 0.15) is 24.1 Å². The van der Waals surface area contributed by atoms with E-state index in [2.05, 4.69) is 10.4 Å². The van der Waals surface area contributed by atoms with Gasteiger partial charge >= 0.3 is 0 Å². The topological polar surface area (TPSA) is 104 Å². The zero-order valence-corrected chi connectivity index (χ0v) is 14.4. The fourth-order valence-corrected chi connectivity index (χ4v) is 2.61. The second kappa shape index (κ2) is 8.43. The highest BCUT2D eigenvalue weighted by atomic mass is 35.5. The number of hydrogen-bond acceptors (Lipinski definition) is 6. The van der Waals surface area contributed by atoms with Crippen LogP contribution in [0.2, 0.25) is 0 Å². The minimum absolute atomic E-state index is 0. The summed E-state index contributed by atoms with van der Waals surface area (Å²) in [7, 11) is 0. The maximum absolute atomic E-state index is 13.8. The van der Waals surface area contributed by atoms with Gasteiger partial charge in [0, 0.05) is 6.07 Å². The first-order valence-corrected chi connectivity index (χ1v) is 7.74. The van der Waals surface area contributed by atoms with Gasteiger partial charge in [-0.15, -0.1) is 17.5 Å². The fraction of sp³-hybridized carbons (Fsp3) is 0.294. The van der Waals surface area contributed by atoms with Crippen molar-refractivity contribution in [2.75, 3.05) is 13.1 Å². The highest BCUT2D eigenvalue weighted by Gasteiger charge is 2.19. The Balaban J connectivity index is 0.00000243. The lowest BCUT2D eigenvalue weighted by molar-refractivity contribution is 0.160. The van der Waals surface area contributed by atoms with Gasteiger partial charge in [-0.05, 0) is 38.1 Å². The lowest BCUT2D eigenvalue weighted by Gasteiger charge is -2.24. The second-order valence-electron chi connectivity index (χ2n) is 5.56. The molecule has 0 aliphatic carbocycles. The molecule has 0 bridgehead atoms. The molecule has 0 saturated carbocycles. The Morgan fingerprint density at radius 3 is 2.58 bits per heavy atom. The molecule has 1 aromatic heterocycles. The molecular weight excluding hydrogens is 361 g/mol. The molecule has 0 amide bonds. The summed E-state index contributed by atoms with van der Waals surface area (Å²) in [5.41, 5.74) is -0.607. The number of halogens is 2. The van der Waals surface area contributed by atoms with Gasteiger partial charge in [0.25, 0.3) is 5.56 Å². The van der Waals surface area contributed by atoms with Gasteiger partial charge in [0.2, 0.25) is 5.69 Å². The first kappa shape index (κ1) is 19.4. The molecule has 1 aromatic carbocycles. The van der Waals surface area contributed by atoms with Crippen LogP contribution in [0, 0.1) is 28.5 Å². The lowest BCUT2D eigenvalue weighted by Crippen LogP contribution is -2.34. The molecule has 0 atom stereocenters. The van der Waals surface area contributed by atoms with E-state index in [1.54, 1.807) is 6.07 Å². The summed E-state index contributed by atoms with van der Waals surface area (Å²) in [6.45, 7) is 1.61. The average molecular weight is 376 g/mol. The van der Waals surface area contributed by atoms with E-state index in [1.165, 1.54) is 18.2 Å². The van der Waals surface area contributed by atoms with Gasteiger partial charge in [0.15, 0.2) is 5.75 Å². The van der Waals surface area contributed by atoms with E-state index in [-0.39, 0.29) is 41.2 Å². The average Bonchev–Trinajstić information content (AvgIpc) is 2.63. The van der Waals surface area contributed by atoms with Crippen LogP contribution in [0.1, 0.15) is 24.1 Å². The molecular formula is C17H15ClFN5O2. The van der Waals surface area contributed by atoms with Gasteiger partial charge in [-0.1, -0.05) is 0 Å². The lowest BCUT2D eigenvalue weighted by atomic mass is 10.1. The molecule has 1 fully saturated rings. The summed E-state index contributed by atoms with van der Waals surface area (Å²) < 4.78 is 20.4. The Morgan fingerprint density at radius 1 is 1.23 bits per heavy atom. The summed E-state index contributed by atoms with van der Waals surface area (Å²) in [5, 5.41) is 25.3. The molecule has 0 spiro atoms. The number of nitrogens with zero attached hydrogens (tertiary/aromatic N) is 4. The summed E-state index contributed by atoms with van der Waals surface area (Å²) in [6.07, 6.45) is 1.46. The molecule has 0 unspecified atom stereocenters. The third-order valence-corrected chi connectivity index (χ3v) is 3.90. The third kappa shape index (κ3) is 3.99. The van der Waals surface area contributed by atoms with Gasteiger partial charge < -0.3 is 10.1 Å². The Labute approximate surface area is 155 Å². The molecule has 2 aromatic rings. The van der Waals surface area contributed by atoms with E-state index < -0.39 is 11.4 Å². The second-order valence-corrected chi connectivity index (χ2v) is 5.56. The van der Waals surface area contributed by atoms with Gasteiger partial charge in [-0.2, -0.15) is 15.2 Å². The first-order valence-electron chi connectivity index (χ1n) is 7.74. The number of nitrogens with one attached hydrogen (secondary N) is 1. The van der Waals surface area contributed by atoms with Crippen LogP contribution in [0.3, 0.4) is 0 Å². The quantitative estimate of drug-likeness (QED) is 0.875. The number of aromatic nitrogens is 2. The smallest absolute Gasteiger partial charge is 0.275 e. The Bertz CT molecular complexity index is 942. The van der Waals surface area contributed by atoms with Crippen molar-refractivity contribution in [3.05, 3.63) is 51.7 Å². The van der Waals surface area contributed by atoms with Crippen molar-refractivity contribution in [1.82, 2.24) is 15.1 Å². The SMILES string of the molecule is Cl.N#Cc1ccc(-n2nc(C#N)c(OC3CCNCC3)cc2=O)cc1F. The van der Waals surface area contributed by atoms with Gasteiger partial charge in [-0.25, -0.2) is 4.39 Å². The zero-order chi connectivity index (χ0) is 17.8. The molecule has 1 saturated heterocycles. The number of hydrogen-bond donors (Lipinski definition) is 1. The fourth-order valence-electron chi connectivity index (χ4n) is 2.61. The number of nitriles is 2. The Hall–Kier alpha value is -2.94. The highest BCUT2D eigenvalue weighted by molar-refractivity contribution is 5.85. The minimum Gasteiger partial charge on any atom is -0.487 e. The van der Waals surface area contributed by atoms with Crippen molar-refractivity contribution in [1.29, 1.82) is 10.5 Å². The first-order chi connectivity index (χ1) is 12.1. The van der Waals surface area contributed by atoms with Crippen LogP contribution < -0.4 is 15.6 Å². The van der Waals surface area contributed by atoms with Crippen molar-refractivity contribution in [2.24, 2.45) is 0 Å². The van der Waals surface area contributed by atoms with E-state index in [1.807, 2.05) is 6.07 Å². The van der Waals surface area contributed by atoms with Crippen LogP contribution in [-0.4, -0.2) is 29.0 Å². The van der Waals surface area contributed by atoms with Crippen LogP contribution in [-0.2, 0) is 0 Å².